The Morgan fingerprint density at radius 1 is 1.43 bits per heavy atom. The Balaban J connectivity index is 1.83. The molecule has 0 radical (unpaired) electrons. The molecule has 0 aromatic carbocycles. The molecule has 0 aromatic heterocycles. The molecule has 1 heterocycles. The van der Waals surface area contributed by atoms with E-state index >= 15 is 0 Å². The first-order valence-electron chi connectivity index (χ1n) is 7.89. The second kappa shape index (κ2) is 6.16. The normalized spacial score (nSPS) is 26.5. The number of nitrogens with one attached hydrogen (secondary N) is 1. The summed E-state index contributed by atoms with van der Waals surface area (Å²) in [5.41, 5.74) is -2.13. The summed E-state index contributed by atoms with van der Waals surface area (Å²) in [4.78, 5) is 14.0. The van der Waals surface area contributed by atoms with E-state index in [0.29, 0.717) is 12.5 Å². The van der Waals surface area contributed by atoms with Crippen LogP contribution in [0.5, 0.6) is 0 Å². The highest BCUT2D eigenvalue weighted by Gasteiger charge is 2.61. The van der Waals surface area contributed by atoms with Crippen LogP contribution in [-0.4, -0.2) is 53.1 Å². The fourth-order valence-corrected chi connectivity index (χ4v) is 3.12. The van der Waals surface area contributed by atoms with Crippen LogP contribution in [-0.2, 0) is 4.79 Å². The average Bonchev–Trinajstić information content (AvgIpc) is 2.42. The van der Waals surface area contributed by atoms with Crippen molar-refractivity contribution in [3.63, 3.8) is 0 Å². The van der Waals surface area contributed by atoms with Crippen molar-refractivity contribution in [2.45, 2.75) is 63.5 Å². The van der Waals surface area contributed by atoms with Crippen LogP contribution >= 0.6 is 0 Å². The van der Waals surface area contributed by atoms with Crippen molar-refractivity contribution in [2.75, 3.05) is 19.6 Å². The third-order valence-electron chi connectivity index (χ3n) is 4.88. The predicted molar refractivity (Wildman–Crippen MR) is 76.2 cm³/mol. The Bertz CT molecular complexity index is 384. The molecule has 2 rings (SSSR count). The van der Waals surface area contributed by atoms with E-state index in [2.05, 4.69) is 24.1 Å². The number of hydrogen-bond donors (Lipinski definition) is 2. The minimum atomic E-state index is -3.68. The van der Waals surface area contributed by atoms with Crippen LogP contribution in [0.2, 0.25) is 0 Å². The van der Waals surface area contributed by atoms with Gasteiger partial charge in [-0.15, -0.1) is 0 Å². The monoisotopic (exact) mass is 304 g/mol. The van der Waals surface area contributed by atoms with Crippen LogP contribution in [0, 0.1) is 5.92 Å². The number of hydrogen-bond acceptors (Lipinski definition) is 3. The van der Waals surface area contributed by atoms with Crippen molar-refractivity contribution in [3.8, 4) is 0 Å². The predicted octanol–water partition coefficient (Wildman–Crippen LogP) is 1.77. The van der Waals surface area contributed by atoms with Gasteiger partial charge >= 0.3 is 5.92 Å². The number of rotatable bonds is 5. The summed E-state index contributed by atoms with van der Waals surface area (Å²) in [6, 6.07) is 0.431. The molecule has 2 N–H and O–H groups in total. The highest BCUT2D eigenvalue weighted by atomic mass is 19.3. The van der Waals surface area contributed by atoms with E-state index in [9.17, 15) is 18.7 Å². The van der Waals surface area contributed by atoms with Crippen LogP contribution in [0.3, 0.4) is 0 Å². The van der Waals surface area contributed by atoms with E-state index in [-0.39, 0.29) is 25.3 Å². The van der Waals surface area contributed by atoms with Gasteiger partial charge in [-0.3, -0.25) is 4.79 Å². The molecule has 0 aromatic rings. The van der Waals surface area contributed by atoms with Crippen molar-refractivity contribution < 1.29 is 18.7 Å². The number of amides is 1. The van der Waals surface area contributed by atoms with E-state index in [4.69, 9.17) is 0 Å². The zero-order valence-electron chi connectivity index (χ0n) is 12.9. The molecule has 1 unspecified atom stereocenters. The number of likely N-dealkylation sites (tertiary alicyclic amines) is 1. The highest BCUT2D eigenvalue weighted by Crippen LogP contribution is 2.44. The van der Waals surface area contributed by atoms with Crippen molar-refractivity contribution in [3.05, 3.63) is 0 Å². The van der Waals surface area contributed by atoms with Gasteiger partial charge in [-0.25, -0.2) is 0 Å². The van der Waals surface area contributed by atoms with Crippen molar-refractivity contribution in [1.82, 2.24) is 10.2 Å². The molecular formula is C15H26F2N2O2. The maximum absolute atomic E-state index is 13.9. The highest BCUT2D eigenvalue weighted by molar-refractivity contribution is 5.85. The second-order valence-corrected chi connectivity index (χ2v) is 6.77. The van der Waals surface area contributed by atoms with Crippen LogP contribution in [0.25, 0.3) is 0 Å². The molecule has 122 valence electrons. The fraction of sp³-hybridized carbons (Fsp3) is 0.933. The summed E-state index contributed by atoms with van der Waals surface area (Å²) in [7, 11) is 0. The molecule has 21 heavy (non-hydrogen) atoms. The van der Waals surface area contributed by atoms with Gasteiger partial charge in [0.05, 0.1) is 0 Å². The van der Waals surface area contributed by atoms with Gasteiger partial charge in [-0.2, -0.15) is 8.78 Å². The molecule has 2 aliphatic rings. The third kappa shape index (κ3) is 3.37. The van der Waals surface area contributed by atoms with Gasteiger partial charge < -0.3 is 15.3 Å². The number of nitrogens with zero attached hydrogens (tertiary/aromatic N) is 1. The maximum Gasteiger partial charge on any atom is 0.352 e. The molecule has 1 amide bonds. The van der Waals surface area contributed by atoms with Crippen LogP contribution in [0.4, 0.5) is 8.78 Å². The van der Waals surface area contributed by atoms with Crippen LogP contribution < -0.4 is 5.32 Å². The molecule has 6 heteroatoms. The third-order valence-corrected chi connectivity index (χ3v) is 4.88. The summed E-state index contributed by atoms with van der Waals surface area (Å²) >= 11 is 0. The first-order valence-corrected chi connectivity index (χ1v) is 7.89. The van der Waals surface area contributed by atoms with Crippen molar-refractivity contribution >= 4 is 5.91 Å². The van der Waals surface area contributed by atoms with Gasteiger partial charge in [0.15, 0.2) is 0 Å². The van der Waals surface area contributed by atoms with Gasteiger partial charge in [0.1, 0.15) is 5.60 Å². The van der Waals surface area contributed by atoms with Crippen molar-refractivity contribution in [1.29, 1.82) is 0 Å². The molecule has 4 nitrogen and oxygen atoms in total. The lowest BCUT2D eigenvalue weighted by atomic mass is 9.75. The van der Waals surface area contributed by atoms with Gasteiger partial charge in [0, 0.05) is 19.1 Å². The van der Waals surface area contributed by atoms with Crippen LogP contribution in [0.1, 0.15) is 46.0 Å². The van der Waals surface area contributed by atoms with Gasteiger partial charge in [-0.05, 0) is 58.4 Å². The second-order valence-electron chi connectivity index (χ2n) is 6.77. The smallest absolute Gasteiger partial charge is 0.352 e. The van der Waals surface area contributed by atoms with E-state index in [1.54, 1.807) is 0 Å². The lowest BCUT2D eigenvalue weighted by Gasteiger charge is -2.41. The first kappa shape index (κ1) is 16.6. The zero-order valence-corrected chi connectivity index (χ0v) is 12.9. The first-order chi connectivity index (χ1) is 9.76. The zero-order chi connectivity index (χ0) is 15.7. The minimum absolute atomic E-state index is 0.00201. The molecule has 1 atom stereocenters. The number of halogens is 2. The fourth-order valence-electron chi connectivity index (χ4n) is 3.12. The standard InChI is InChI=1S/C15H26F2N2O2/c1-11(2)19-8-3-5-12(10-19)9-18-13(20)15(16,17)14(21)6-4-7-14/h11-12,21H,3-10H2,1-2H3,(H,18,20). The summed E-state index contributed by atoms with van der Waals surface area (Å²) < 4.78 is 27.9. The Hall–Kier alpha value is -0.750. The molecule has 2 fully saturated rings. The average molecular weight is 304 g/mol. The van der Waals surface area contributed by atoms with E-state index < -0.39 is 17.4 Å². The van der Waals surface area contributed by atoms with E-state index in [1.165, 1.54) is 0 Å². The van der Waals surface area contributed by atoms with Gasteiger partial charge in [-0.1, -0.05) is 0 Å². The molecule has 0 spiro atoms. The largest absolute Gasteiger partial charge is 0.383 e. The number of carbonyl (C=O) groups is 1. The quantitative estimate of drug-likeness (QED) is 0.814. The lowest BCUT2D eigenvalue weighted by molar-refractivity contribution is -0.216. The Kier molecular flexibility index (Phi) is 4.88. The van der Waals surface area contributed by atoms with Crippen LogP contribution in [0.15, 0.2) is 0 Å². The summed E-state index contributed by atoms with van der Waals surface area (Å²) in [5, 5.41) is 12.1. The molecule has 0 bridgehead atoms. The molecule has 1 saturated carbocycles. The Labute approximate surface area is 124 Å². The maximum atomic E-state index is 13.9. The lowest BCUT2D eigenvalue weighted by Crippen LogP contribution is -2.61. The Morgan fingerprint density at radius 2 is 2.10 bits per heavy atom. The van der Waals surface area contributed by atoms with E-state index in [0.717, 1.165) is 25.9 Å². The molecule has 1 saturated heterocycles. The Morgan fingerprint density at radius 3 is 2.62 bits per heavy atom. The molecule has 1 aliphatic carbocycles. The minimum Gasteiger partial charge on any atom is -0.383 e. The molecule has 1 aliphatic heterocycles. The van der Waals surface area contributed by atoms with Gasteiger partial charge in [0.25, 0.3) is 5.91 Å². The summed E-state index contributed by atoms with van der Waals surface area (Å²) in [5.74, 6) is -4.80. The molecular weight excluding hydrogens is 278 g/mol. The van der Waals surface area contributed by atoms with Crippen molar-refractivity contribution in [2.24, 2.45) is 5.92 Å². The number of piperidine rings is 1. The summed E-state index contributed by atoms with van der Waals surface area (Å²) in [6.45, 7) is 6.34. The number of alkyl halides is 2. The SMILES string of the molecule is CC(C)N1CCCC(CNC(=O)C(F)(F)C2(O)CCC2)C1. The number of aliphatic hydroxyl groups is 1. The van der Waals surface area contributed by atoms with E-state index in [1.807, 2.05) is 0 Å². The summed E-state index contributed by atoms with van der Waals surface area (Å²) in [6.07, 6.45) is 2.51. The van der Waals surface area contributed by atoms with Gasteiger partial charge in [0.2, 0.25) is 0 Å². The number of carbonyl (C=O) groups excluding carboxylic acids is 1. The topological polar surface area (TPSA) is 52.6 Å².